The molecule has 0 bridgehead atoms. The van der Waals surface area contributed by atoms with Gasteiger partial charge in [0.15, 0.2) is 0 Å². The van der Waals surface area contributed by atoms with Crippen LogP contribution in [0.25, 0.3) is 0 Å². The monoisotopic (exact) mass is 265 g/mol. The average molecular weight is 265 g/mol. The number of nitrogens with one attached hydrogen (secondary N) is 1. The van der Waals surface area contributed by atoms with Crippen LogP contribution in [0, 0.1) is 5.41 Å². The summed E-state index contributed by atoms with van der Waals surface area (Å²) in [6.45, 7) is 7.36. The van der Waals surface area contributed by atoms with Crippen LogP contribution in [-0.4, -0.2) is 23.8 Å². The van der Waals surface area contributed by atoms with Gasteiger partial charge in [0, 0.05) is 6.04 Å². The summed E-state index contributed by atoms with van der Waals surface area (Å²) in [7, 11) is 0. The van der Waals surface area contributed by atoms with Crippen LogP contribution in [0.15, 0.2) is 30.3 Å². The standard InChI is InChI=1S/C15H23NO3/c1-11(13(17)12-8-6-5-7-9-12)16-10-19-14(18)15(2,3)4/h5-9,11,13,16-17H,10H2,1-4H3/t11-,13-/m0/s1. The number of ether oxygens (including phenoxy) is 1. The molecule has 0 radical (unpaired) electrons. The van der Waals surface area contributed by atoms with E-state index in [4.69, 9.17) is 4.74 Å². The van der Waals surface area contributed by atoms with Gasteiger partial charge in [-0.15, -0.1) is 0 Å². The first-order valence-corrected chi connectivity index (χ1v) is 6.46. The zero-order valence-electron chi connectivity index (χ0n) is 12.0. The van der Waals surface area contributed by atoms with Crippen molar-refractivity contribution in [3.8, 4) is 0 Å². The van der Waals surface area contributed by atoms with Crippen molar-refractivity contribution in [3.63, 3.8) is 0 Å². The highest BCUT2D eigenvalue weighted by Gasteiger charge is 2.23. The fourth-order valence-electron chi connectivity index (χ4n) is 1.51. The Morgan fingerprint density at radius 2 is 1.89 bits per heavy atom. The van der Waals surface area contributed by atoms with Crippen LogP contribution >= 0.6 is 0 Å². The molecule has 0 fully saturated rings. The van der Waals surface area contributed by atoms with Crippen LogP contribution in [0.4, 0.5) is 0 Å². The van der Waals surface area contributed by atoms with Crippen molar-refractivity contribution in [1.82, 2.24) is 5.32 Å². The van der Waals surface area contributed by atoms with E-state index in [0.29, 0.717) is 0 Å². The molecule has 0 saturated heterocycles. The van der Waals surface area contributed by atoms with E-state index in [1.807, 2.05) is 37.3 Å². The maximum absolute atomic E-state index is 11.6. The van der Waals surface area contributed by atoms with Crippen LogP contribution in [0.3, 0.4) is 0 Å². The molecule has 0 saturated carbocycles. The Bertz CT molecular complexity index is 398. The van der Waals surface area contributed by atoms with E-state index in [-0.39, 0.29) is 18.7 Å². The Labute approximate surface area is 114 Å². The molecule has 1 rings (SSSR count). The molecule has 1 aromatic rings. The Balaban J connectivity index is 2.40. The number of aliphatic hydroxyl groups is 1. The quantitative estimate of drug-likeness (QED) is 0.633. The lowest BCUT2D eigenvalue weighted by Gasteiger charge is -2.22. The van der Waals surface area contributed by atoms with Gasteiger partial charge in [-0.05, 0) is 33.3 Å². The summed E-state index contributed by atoms with van der Waals surface area (Å²) in [6.07, 6.45) is -0.630. The Hall–Kier alpha value is -1.39. The van der Waals surface area contributed by atoms with Crippen LogP contribution in [0.2, 0.25) is 0 Å². The van der Waals surface area contributed by atoms with Gasteiger partial charge < -0.3 is 9.84 Å². The van der Waals surface area contributed by atoms with Gasteiger partial charge in [0.05, 0.1) is 11.5 Å². The Kier molecular flexibility index (Phi) is 5.51. The maximum Gasteiger partial charge on any atom is 0.312 e. The van der Waals surface area contributed by atoms with Gasteiger partial charge in [-0.25, -0.2) is 0 Å². The number of rotatable bonds is 5. The Morgan fingerprint density at radius 1 is 1.32 bits per heavy atom. The normalized spacial score (nSPS) is 14.8. The van der Waals surface area contributed by atoms with Gasteiger partial charge in [-0.2, -0.15) is 0 Å². The van der Waals surface area contributed by atoms with E-state index in [1.165, 1.54) is 0 Å². The molecule has 0 heterocycles. The number of carbonyl (C=O) groups excluding carboxylic acids is 1. The van der Waals surface area contributed by atoms with E-state index in [9.17, 15) is 9.90 Å². The third kappa shape index (κ3) is 5.01. The fraction of sp³-hybridized carbons (Fsp3) is 0.533. The summed E-state index contributed by atoms with van der Waals surface area (Å²) in [4.78, 5) is 11.6. The molecule has 1 aromatic carbocycles. The number of hydrogen-bond donors (Lipinski definition) is 2. The number of benzene rings is 1. The molecule has 0 aliphatic rings. The minimum absolute atomic E-state index is 0.0984. The maximum atomic E-state index is 11.6. The van der Waals surface area contributed by atoms with Crippen molar-refractivity contribution in [3.05, 3.63) is 35.9 Å². The third-order valence-electron chi connectivity index (χ3n) is 2.84. The molecule has 0 spiro atoms. The molecule has 4 nitrogen and oxygen atoms in total. The van der Waals surface area contributed by atoms with Crippen LogP contribution < -0.4 is 5.32 Å². The van der Waals surface area contributed by atoms with Crippen LogP contribution in [-0.2, 0) is 9.53 Å². The molecule has 0 aliphatic carbocycles. The molecular formula is C15H23NO3. The van der Waals surface area contributed by atoms with Gasteiger partial charge in [0.25, 0.3) is 0 Å². The molecule has 106 valence electrons. The summed E-state index contributed by atoms with van der Waals surface area (Å²) in [6, 6.07) is 9.19. The number of hydrogen-bond acceptors (Lipinski definition) is 4. The number of esters is 1. The molecule has 4 heteroatoms. The van der Waals surface area contributed by atoms with Crippen LogP contribution in [0.1, 0.15) is 39.4 Å². The van der Waals surface area contributed by atoms with E-state index in [1.54, 1.807) is 20.8 Å². The van der Waals surface area contributed by atoms with Crippen molar-refractivity contribution in [2.24, 2.45) is 5.41 Å². The van der Waals surface area contributed by atoms with Crippen molar-refractivity contribution < 1.29 is 14.6 Å². The highest BCUT2D eigenvalue weighted by Crippen LogP contribution is 2.17. The second-order valence-electron chi connectivity index (χ2n) is 5.67. The molecule has 0 aromatic heterocycles. The van der Waals surface area contributed by atoms with Crippen molar-refractivity contribution >= 4 is 5.97 Å². The zero-order chi connectivity index (χ0) is 14.5. The smallest absolute Gasteiger partial charge is 0.312 e. The first kappa shape index (κ1) is 15.7. The summed E-state index contributed by atoms with van der Waals surface area (Å²) in [5.74, 6) is -0.263. The van der Waals surface area contributed by atoms with E-state index in [2.05, 4.69) is 5.32 Å². The largest absolute Gasteiger partial charge is 0.449 e. The zero-order valence-corrected chi connectivity index (χ0v) is 12.0. The average Bonchev–Trinajstić information content (AvgIpc) is 2.37. The summed E-state index contributed by atoms with van der Waals surface area (Å²) >= 11 is 0. The first-order chi connectivity index (χ1) is 8.82. The minimum atomic E-state index is -0.630. The fourth-order valence-corrected chi connectivity index (χ4v) is 1.51. The van der Waals surface area contributed by atoms with Crippen LogP contribution in [0.5, 0.6) is 0 Å². The highest BCUT2D eigenvalue weighted by molar-refractivity contribution is 5.75. The lowest BCUT2D eigenvalue weighted by Crippen LogP contribution is -2.36. The lowest BCUT2D eigenvalue weighted by molar-refractivity contribution is -0.154. The second kappa shape index (κ2) is 6.68. The topological polar surface area (TPSA) is 58.6 Å². The van der Waals surface area contributed by atoms with Gasteiger partial charge in [-0.3, -0.25) is 10.1 Å². The molecule has 0 amide bonds. The predicted molar refractivity (Wildman–Crippen MR) is 74.4 cm³/mol. The highest BCUT2D eigenvalue weighted by atomic mass is 16.5. The SMILES string of the molecule is C[C@H](NCOC(=O)C(C)(C)C)[C@H](O)c1ccccc1. The summed E-state index contributed by atoms with van der Waals surface area (Å²) in [5, 5.41) is 13.1. The summed E-state index contributed by atoms with van der Waals surface area (Å²) < 4.78 is 5.10. The van der Waals surface area contributed by atoms with E-state index >= 15 is 0 Å². The van der Waals surface area contributed by atoms with Crippen molar-refractivity contribution in [2.75, 3.05) is 6.73 Å². The Morgan fingerprint density at radius 3 is 2.42 bits per heavy atom. The summed E-state index contributed by atoms with van der Waals surface area (Å²) in [5.41, 5.74) is 0.327. The number of carbonyl (C=O) groups is 1. The van der Waals surface area contributed by atoms with Gasteiger partial charge in [-0.1, -0.05) is 30.3 Å². The minimum Gasteiger partial charge on any atom is -0.449 e. The second-order valence-corrected chi connectivity index (χ2v) is 5.67. The lowest BCUT2D eigenvalue weighted by atomic mass is 9.97. The van der Waals surface area contributed by atoms with Gasteiger partial charge >= 0.3 is 5.97 Å². The van der Waals surface area contributed by atoms with Gasteiger partial charge in [0.1, 0.15) is 6.73 Å². The molecule has 2 atom stereocenters. The first-order valence-electron chi connectivity index (χ1n) is 6.46. The molecule has 2 N–H and O–H groups in total. The van der Waals surface area contributed by atoms with Crippen molar-refractivity contribution in [2.45, 2.75) is 39.8 Å². The van der Waals surface area contributed by atoms with Crippen molar-refractivity contribution in [1.29, 1.82) is 0 Å². The van der Waals surface area contributed by atoms with E-state index < -0.39 is 11.5 Å². The third-order valence-corrected chi connectivity index (χ3v) is 2.84. The molecule has 0 aliphatic heterocycles. The van der Waals surface area contributed by atoms with E-state index in [0.717, 1.165) is 5.56 Å². The molecule has 0 unspecified atom stereocenters. The predicted octanol–water partition coefficient (Wildman–Crippen LogP) is 2.24. The molecule has 19 heavy (non-hydrogen) atoms. The molecular weight excluding hydrogens is 242 g/mol. The van der Waals surface area contributed by atoms with Gasteiger partial charge in [0.2, 0.25) is 0 Å². The number of aliphatic hydroxyl groups excluding tert-OH is 1.